The van der Waals surface area contributed by atoms with Crippen molar-refractivity contribution in [2.45, 2.75) is 26.7 Å². The predicted octanol–water partition coefficient (Wildman–Crippen LogP) is 3.15. The summed E-state index contributed by atoms with van der Waals surface area (Å²) in [7, 11) is 0. The van der Waals surface area contributed by atoms with Crippen LogP contribution in [0.15, 0.2) is 24.3 Å². The van der Waals surface area contributed by atoms with Crippen molar-refractivity contribution in [1.29, 1.82) is 0 Å². The van der Waals surface area contributed by atoms with Gasteiger partial charge < -0.3 is 9.64 Å². The van der Waals surface area contributed by atoms with Gasteiger partial charge in [-0.1, -0.05) is 24.6 Å². The molecule has 0 aliphatic heterocycles. The summed E-state index contributed by atoms with van der Waals surface area (Å²) in [5.74, 6) is -0.397. The van der Waals surface area contributed by atoms with Gasteiger partial charge in [-0.2, -0.15) is 0 Å². The molecule has 0 aliphatic carbocycles. The molecule has 0 fully saturated rings. The van der Waals surface area contributed by atoms with Gasteiger partial charge in [0.05, 0.1) is 13.0 Å². The minimum absolute atomic E-state index is 0.112. The highest BCUT2D eigenvalue weighted by molar-refractivity contribution is 6.30. The largest absolute Gasteiger partial charge is 0.466 e. The molecule has 0 aromatic heterocycles. The van der Waals surface area contributed by atoms with Gasteiger partial charge in [0.15, 0.2) is 0 Å². The van der Waals surface area contributed by atoms with Gasteiger partial charge >= 0.3 is 5.97 Å². The third-order valence-electron chi connectivity index (χ3n) is 2.74. The molecule has 1 aromatic rings. The molecule has 110 valence electrons. The van der Waals surface area contributed by atoms with Crippen LogP contribution in [-0.4, -0.2) is 36.5 Å². The Balaban J connectivity index is 2.69. The number of carbonyl (C=O) groups is 2. The summed E-state index contributed by atoms with van der Waals surface area (Å²) in [5, 5.41) is 0.526. The van der Waals surface area contributed by atoms with Gasteiger partial charge in [-0.3, -0.25) is 9.59 Å². The zero-order chi connectivity index (χ0) is 15.0. The standard InChI is InChI=1S/C15H20ClNO3/c1-3-9-17(10-8-14(18)20-4-2)15(19)12-6-5-7-13(16)11-12/h5-7,11H,3-4,8-10H2,1-2H3. The highest BCUT2D eigenvalue weighted by Crippen LogP contribution is 2.13. The predicted molar refractivity (Wildman–Crippen MR) is 78.9 cm³/mol. The Morgan fingerprint density at radius 3 is 2.60 bits per heavy atom. The molecule has 0 saturated carbocycles. The molecule has 0 radical (unpaired) electrons. The smallest absolute Gasteiger partial charge is 0.307 e. The minimum atomic E-state index is -0.285. The van der Waals surface area contributed by atoms with Crippen molar-refractivity contribution in [3.8, 4) is 0 Å². The molecular formula is C15H20ClNO3. The lowest BCUT2D eigenvalue weighted by atomic mass is 10.2. The van der Waals surface area contributed by atoms with E-state index in [0.29, 0.717) is 30.3 Å². The van der Waals surface area contributed by atoms with Crippen LogP contribution in [0.3, 0.4) is 0 Å². The van der Waals surface area contributed by atoms with Crippen LogP contribution in [0.2, 0.25) is 5.02 Å². The monoisotopic (exact) mass is 297 g/mol. The molecule has 1 amide bonds. The molecule has 0 spiro atoms. The van der Waals surface area contributed by atoms with Crippen LogP contribution in [0.1, 0.15) is 37.0 Å². The van der Waals surface area contributed by atoms with Crippen LogP contribution in [0.5, 0.6) is 0 Å². The zero-order valence-corrected chi connectivity index (χ0v) is 12.7. The summed E-state index contributed by atoms with van der Waals surface area (Å²) in [6.07, 6.45) is 1.04. The quantitative estimate of drug-likeness (QED) is 0.726. The summed E-state index contributed by atoms with van der Waals surface area (Å²) in [6, 6.07) is 6.82. The lowest BCUT2D eigenvalue weighted by Crippen LogP contribution is -2.34. The maximum Gasteiger partial charge on any atom is 0.307 e. The molecule has 0 atom stereocenters. The van der Waals surface area contributed by atoms with Crippen molar-refractivity contribution in [1.82, 2.24) is 4.90 Å². The fourth-order valence-corrected chi connectivity index (χ4v) is 2.04. The number of rotatable bonds is 7. The Morgan fingerprint density at radius 2 is 2.00 bits per heavy atom. The summed E-state index contributed by atoms with van der Waals surface area (Å²) in [6.45, 7) is 5.07. The van der Waals surface area contributed by atoms with E-state index in [1.165, 1.54) is 0 Å². The van der Waals surface area contributed by atoms with E-state index in [2.05, 4.69) is 0 Å². The van der Waals surface area contributed by atoms with Crippen molar-refractivity contribution in [3.05, 3.63) is 34.9 Å². The van der Waals surface area contributed by atoms with Crippen molar-refractivity contribution < 1.29 is 14.3 Å². The van der Waals surface area contributed by atoms with E-state index in [9.17, 15) is 9.59 Å². The number of halogens is 1. The van der Waals surface area contributed by atoms with E-state index < -0.39 is 0 Å². The second kappa shape index (κ2) is 8.59. The summed E-state index contributed by atoms with van der Waals surface area (Å²) in [4.78, 5) is 25.4. The molecule has 0 heterocycles. The number of amides is 1. The van der Waals surface area contributed by atoms with E-state index in [1.54, 1.807) is 36.1 Å². The second-order valence-electron chi connectivity index (χ2n) is 4.36. The van der Waals surface area contributed by atoms with E-state index in [4.69, 9.17) is 16.3 Å². The van der Waals surface area contributed by atoms with Crippen LogP contribution < -0.4 is 0 Å². The van der Waals surface area contributed by atoms with Gasteiger partial charge in [-0.25, -0.2) is 0 Å². The molecule has 0 bridgehead atoms. The lowest BCUT2D eigenvalue weighted by Gasteiger charge is -2.21. The van der Waals surface area contributed by atoms with Crippen LogP contribution in [0.4, 0.5) is 0 Å². The van der Waals surface area contributed by atoms with Crippen molar-refractivity contribution in [2.75, 3.05) is 19.7 Å². The number of hydrogen-bond acceptors (Lipinski definition) is 3. The Kier molecular flexibility index (Phi) is 7.09. The van der Waals surface area contributed by atoms with Gasteiger partial charge in [-0.05, 0) is 31.5 Å². The third-order valence-corrected chi connectivity index (χ3v) is 2.98. The Hall–Kier alpha value is -1.55. The molecule has 0 unspecified atom stereocenters. The number of hydrogen-bond donors (Lipinski definition) is 0. The van der Waals surface area contributed by atoms with E-state index in [1.807, 2.05) is 6.92 Å². The molecule has 20 heavy (non-hydrogen) atoms. The number of nitrogens with zero attached hydrogens (tertiary/aromatic N) is 1. The third kappa shape index (κ3) is 5.21. The number of benzene rings is 1. The van der Waals surface area contributed by atoms with Gasteiger partial charge in [0.1, 0.15) is 0 Å². The van der Waals surface area contributed by atoms with Gasteiger partial charge in [0, 0.05) is 23.7 Å². The first-order valence-corrected chi connectivity index (χ1v) is 7.16. The Bertz CT molecular complexity index is 462. The van der Waals surface area contributed by atoms with Crippen LogP contribution in [0.25, 0.3) is 0 Å². The fourth-order valence-electron chi connectivity index (χ4n) is 1.85. The lowest BCUT2D eigenvalue weighted by molar-refractivity contribution is -0.143. The van der Waals surface area contributed by atoms with Crippen LogP contribution in [-0.2, 0) is 9.53 Å². The van der Waals surface area contributed by atoms with E-state index >= 15 is 0 Å². The maximum atomic E-state index is 12.4. The van der Waals surface area contributed by atoms with Crippen LogP contribution in [0, 0.1) is 0 Å². The average Bonchev–Trinajstić information content (AvgIpc) is 2.43. The molecule has 5 heteroatoms. The van der Waals surface area contributed by atoms with E-state index in [0.717, 1.165) is 6.42 Å². The minimum Gasteiger partial charge on any atom is -0.466 e. The van der Waals surface area contributed by atoms with Gasteiger partial charge in [0.2, 0.25) is 0 Å². The van der Waals surface area contributed by atoms with Gasteiger partial charge in [0.25, 0.3) is 5.91 Å². The summed E-state index contributed by atoms with van der Waals surface area (Å²) < 4.78 is 4.88. The summed E-state index contributed by atoms with van der Waals surface area (Å²) >= 11 is 5.89. The molecule has 0 saturated heterocycles. The second-order valence-corrected chi connectivity index (χ2v) is 4.79. The highest BCUT2D eigenvalue weighted by atomic mass is 35.5. The fraction of sp³-hybridized carbons (Fsp3) is 0.467. The summed E-state index contributed by atoms with van der Waals surface area (Å²) in [5.41, 5.74) is 0.537. The van der Waals surface area contributed by atoms with Crippen LogP contribution >= 0.6 is 11.6 Å². The number of ether oxygens (including phenoxy) is 1. The molecule has 1 aromatic carbocycles. The molecule has 1 rings (SSSR count). The Morgan fingerprint density at radius 1 is 1.25 bits per heavy atom. The zero-order valence-electron chi connectivity index (χ0n) is 11.9. The Labute approximate surface area is 124 Å². The molecule has 0 N–H and O–H groups in total. The van der Waals surface area contributed by atoms with Crippen molar-refractivity contribution in [3.63, 3.8) is 0 Å². The first kappa shape index (κ1) is 16.5. The van der Waals surface area contributed by atoms with Gasteiger partial charge in [-0.15, -0.1) is 0 Å². The molecule has 0 aliphatic rings. The van der Waals surface area contributed by atoms with Crippen molar-refractivity contribution in [2.24, 2.45) is 0 Å². The molecular weight excluding hydrogens is 278 g/mol. The maximum absolute atomic E-state index is 12.4. The first-order chi connectivity index (χ1) is 9.58. The normalized spacial score (nSPS) is 10.2. The number of carbonyl (C=O) groups excluding carboxylic acids is 2. The topological polar surface area (TPSA) is 46.6 Å². The van der Waals surface area contributed by atoms with E-state index in [-0.39, 0.29) is 18.3 Å². The SMILES string of the molecule is CCCN(CCC(=O)OCC)C(=O)c1cccc(Cl)c1. The first-order valence-electron chi connectivity index (χ1n) is 6.79. The average molecular weight is 298 g/mol. The highest BCUT2D eigenvalue weighted by Gasteiger charge is 2.16. The van der Waals surface area contributed by atoms with Crippen molar-refractivity contribution >= 4 is 23.5 Å². The number of esters is 1. The molecule has 4 nitrogen and oxygen atoms in total.